The fraction of sp³-hybridized carbons (Fsp3) is 0.0526. The summed E-state index contributed by atoms with van der Waals surface area (Å²) in [4.78, 5) is 28.0. The van der Waals surface area contributed by atoms with Crippen molar-refractivity contribution in [2.75, 3.05) is 11.9 Å². The predicted octanol–water partition coefficient (Wildman–Crippen LogP) is 4.08. The van der Waals surface area contributed by atoms with Crippen molar-refractivity contribution in [1.82, 2.24) is 0 Å². The lowest BCUT2D eigenvalue weighted by molar-refractivity contribution is 0.0989. The second-order valence-corrected chi connectivity index (χ2v) is 6.48. The van der Waals surface area contributed by atoms with E-state index in [0.717, 1.165) is 10.7 Å². The number of para-hydroxylation sites is 1. The van der Waals surface area contributed by atoms with Crippen LogP contribution < -0.4 is 4.90 Å². The summed E-state index contributed by atoms with van der Waals surface area (Å²) < 4.78 is 0. The van der Waals surface area contributed by atoms with Crippen LogP contribution in [0.2, 0.25) is 0 Å². The van der Waals surface area contributed by atoms with E-state index in [1.807, 2.05) is 25.3 Å². The fourth-order valence-corrected chi connectivity index (χ4v) is 3.90. The zero-order valence-corrected chi connectivity index (χ0v) is 13.3. The van der Waals surface area contributed by atoms with Gasteiger partial charge in [0, 0.05) is 23.1 Å². The van der Waals surface area contributed by atoms with Gasteiger partial charge in [-0.1, -0.05) is 48.2 Å². The standard InChI is InChI=1S/C19H13NO2S/c1-20-15-8-4-5-9-16(15)23-17(20)11-10-14-18(21)12-6-2-3-7-13(12)19(14)22/h2-11H,1H3. The molecule has 0 atom stereocenters. The molecule has 0 unspecified atom stereocenters. The molecular weight excluding hydrogens is 306 g/mol. The number of benzene rings is 2. The van der Waals surface area contributed by atoms with Crippen LogP contribution in [-0.2, 0) is 0 Å². The van der Waals surface area contributed by atoms with Gasteiger partial charge in [-0.2, -0.15) is 0 Å². The van der Waals surface area contributed by atoms with Crippen LogP contribution in [0, 0.1) is 0 Å². The second kappa shape index (κ2) is 5.25. The van der Waals surface area contributed by atoms with Gasteiger partial charge < -0.3 is 4.90 Å². The first-order valence-corrected chi connectivity index (χ1v) is 8.09. The topological polar surface area (TPSA) is 37.4 Å². The first-order chi connectivity index (χ1) is 11.2. The lowest BCUT2D eigenvalue weighted by Gasteiger charge is -2.12. The molecule has 0 amide bonds. The Morgan fingerprint density at radius 1 is 0.870 bits per heavy atom. The summed E-state index contributed by atoms with van der Waals surface area (Å²) in [6.07, 6.45) is 3.50. The minimum Gasteiger partial charge on any atom is -0.338 e. The van der Waals surface area contributed by atoms with E-state index in [4.69, 9.17) is 0 Å². The molecule has 3 nitrogen and oxygen atoms in total. The number of ketones is 2. The highest BCUT2D eigenvalue weighted by molar-refractivity contribution is 8.03. The van der Waals surface area contributed by atoms with Crippen LogP contribution in [-0.4, -0.2) is 18.6 Å². The van der Waals surface area contributed by atoms with Crippen molar-refractivity contribution in [1.29, 1.82) is 0 Å². The number of hydrogen-bond donors (Lipinski definition) is 0. The summed E-state index contributed by atoms with van der Waals surface area (Å²) in [5.74, 6) is -0.378. The van der Waals surface area contributed by atoms with Gasteiger partial charge in [-0.15, -0.1) is 0 Å². The van der Waals surface area contributed by atoms with Gasteiger partial charge in [0.2, 0.25) is 0 Å². The summed E-state index contributed by atoms with van der Waals surface area (Å²) >= 11 is 1.63. The summed E-state index contributed by atoms with van der Waals surface area (Å²) in [6, 6.07) is 15.1. The Balaban J connectivity index is 1.69. The Bertz CT molecular complexity index is 874. The summed E-state index contributed by atoms with van der Waals surface area (Å²) in [7, 11) is 1.98. The molecule has 2 aromatic rings. The lowest BCUT2D eigenvalue weighted by Crippen LogP contribution is -2.09. The minimum absolute atomic E-state index is 0.189. The highest BCUT2D eigenvalue weighted by Gasteiger charge is 2.32. The molecule has 4 rings (SSSR count). The maximum absolute atomic E-state index is 12.4. The number of Topliss-reactive ketones (excluding diaryl/α,β-unsaturated/α-hetero) is 2. The Morgan fingerprint density at radius 2 is 1.48 bits per heavy atom. The molecule has 0 aromatic heterocycles. The third kappa shape index (κ3) is 2.14. The number of allylic oxidation sites excluding steroid dienone is 3. The van der Waals surface area contributed by atoms with Crippen molar-refractivity contribution in [2.45, 2.75) is 4.90 Å². The molecule has 112 valence electrons. The largest absolute Gasteiger partial charge is 0.338 e. The molecule has 23 heavy (non-hydrogen) atoms. The number of rotatable bonds is 1. The Kier molecular flexibility index (Phi) is 3.20. The average molecular weight is 319 g/mol. The number of carbonyl (C=O) groups is 2. The zero-order chi connectivity index (χ0) is 16.0. The molecule has 0 saturated heterocycles. The van der Waals surface area contributed by atoms with Crippen LogP contribution in [0.5, 0.6) is 0 Å². The highest BCUT2D eigenvalue weighted by atomic mass is 32.2. The Hall–Kier alpha value is -2.59. The van der Waals surface area contributed by atoms with Crippen LogP contribution in [0.4, 0.5) is 5.69 Å². The average Bonchev–Trinajstić information content (AvgIpc) is 3.02. The van der Waals surface area contributed by atoms with Crippen LogP contribution in [0.15, 0.2) is 76.2 Å². The quantitative estimate of drug-likeness (QED) is 0.586. The molecule has 1 aliphatic carbocycles. The normalized spacial score (nSPS) is 17.7. The molecule has 4 heteroatoms. The van der Waals surface area contributed by atoms with Gasteiger partial charge >= 0.3 is 0 Å². The lowest BCUT2D eigenvalue weighted by atomic mass is 10.1. The van der Waals surface area contributed by atoms with Crippen molar-refractivity contribution >= 4 is 29.0 Å². The number of hydrogen-bond acceptors (Lipinski definition) is 4. The zero-order valence-electron chi connectivity index (χ0n) is 12.4. The molecule has 2 aliphatic rings. The third-order valence-corrected chi connectivity index (χ3v) is 5.25. The maximum Gasteiger partial charge on any atom is 0.197 e. The van der Waals surface area contributed by atoms with Crippen LogP contribution >= 0.6 is 11.8 Å². The van der Waals surface area contributed by atoms with E-state index >= 15 is 0 Å². The van der Waals surface area contributed by atoms with Gasteiger partial charge in [0.05, 0.1) is 16.3 Å². The molecule has 0 spiro atoms. The Morgan fingerprint density at radius 3 is 2.13 bits per heavy atom. The molecule has 0 radical (unpaired) electrons. The molecule has 1 heterocycles. The van der Waals surface area contributed by atoms with Gasteiger partial charge in [0.1, 0.15) is 0 Å². The van der Waals surface area contributed by atoms with Crippen molar-refractivity contribution in [3.63, 3.8) is 0 Å². The molecular formula is C19H13NO2S. The van der Waals surface area contributed by atoms with E-state index in [1.165, 1.54) is 4.90 Å². The molecule has 0 N–H and O–H groups in total. The number of carbonyl (C=O) groups excluding carboxylic acids is 2. The van der Waals surface area contributed by atoms with E-state index in [9.17, 15) is 9.59 Å². The summed E-state index contributed by atoms with van der Waals surface area (Å²) in [6.45, 7) is 0. The van der Waals surface area contributed by atoms with Crippen molar-refractivity contribution in [2.24, 2.45) is 0 Å². The molecule has 0 fully saturated rings. The van der Waals surface area contributed by atoms with Gasteiger partial charge in [-0.3, -0.25) is 9.59 Å². The van der Waals surface area contributed by atoms with Gasteiger partial charge in [-0.25, -0.2) is 0 Å². The van der Waals surface area contributed by atoms with Crippen LogP contribution in [0.3, 0.4) is 0 Å². The molecule has 2 aromatic carbocycles. The fourth-order valence-electron chi connectivity index (χ4n) is 2.84. The van der Waals surface area contributed by atoms with Crippen molar-refractivity contribution in [3.8, 4) is 0 Å². The molecule has 0 saturated carbocycles. The smallest absolute Gasteiger partial charge is 0.197 e. The molecule has 1 aliphatic heterocycles. The number of anilines is 1. The van der Waals surface area contributed by atoms with E-state index < -0.39 is 0 Å². The number of thioether (sulfide) groups is 1. The van der Waals surface area contributed by atoms with Gasteiger partial charge in [0.15, 0.2) is 11.6 Å². The van der Waals surface area contributed by atoms with E-state index in [-0.39, 0.29) is 17.1 Å². The van der Waals surface area contributed by atoms with E-state index in [1.54, 1.807) is 42.1 Å². The number of nitrogens with zero attached hydrogens (tertiary/aromatic N) is 1. The summed E-state index contributed by atoms with van der Waals surface area (Å²) in [5, 5.41) is 0.996. The predicted molar refractivity (Wildman–Crippen MR) is 92.0 cm³/mol. The van der Waals surface area contributed by atoms with Crippen molar-refractivity contribution in [3.05, 3.63) is 82.4 Å². The first kappa shape index (κ1) is 14.0. The summed E-state index contributed by atoms with van der Waals surface area (Å²) in [5.41, 5.74) is 2.37. The third-order valence-electron chi connectivity index (χ3n) is 4.07. The minimum atomic E-state index is -0.189. The second-order valence-electron chi connectivity index (χ2n) is 5.42. The SMILES string of the molecule is CN1C(=CC=C2C(=O)c3ccccc3C2=O)Sc2ccccc21. The van der Waals surface area contributed by atoms with Gasteiger partial charge in [-0.05, 0) is 24.3 Å². The monoisotopic (exact) mass is 319 g/mol. The van der Waals surface area contributed by atoms with E-state index in [2.05, 4.69) is 17.0 Å². The van der Waals surface area contributed by atoms with Crippen LogP contribution in [0.1, 0.15) is 20.7 Å². The van der Waals surface area contributed by atoms with E-state index in [0.29, 0.717) is 11.1 Å². The van der Waals surface area contributed by atoms with Crippen molar-refractivity contribution < 1.29 is 9.59 Å². The van der Waals surface area contributed by atoms with Gasteiger partial charge in [0.25, 0.3) is 0 Å². The first-order valence-electron chi connectivity index (χ1n) is 7.28. The van der Waals surface area contributed by atoms with Crippen LogP contribution in [0.25, 0.3) is 0 Å². The molecule has 0 bridgehead atoms. The Labute approximate surface area is 138 Å². The maximum atomic E-state index is 12.4. The number of fused-ring (bicyclic) bond motifs is 2. The highest BCUT2D eigenvalue weighted by Crippen LogP contribution is 2.44.